The molecule has 1 aliphatic rings. The molecule has 23 heavy (non-hydrogen) atoms. The van der Waals surface area contributed by atoms with Gasteiger partial charge in [-0.2, -0.15) is 0 Å². The van der Waals surface area contributed by atoms with Crippen LogP contribution in [0.5, 0.6) is 11.5 Å². The molecule has 3 rings (SSSR count). The SMILES string of the molecule is [CH2]C(=O)N1CCC(Oc2ccccc2)CC1Oc1ccccc1. The number of likely N-dealkylation sites (tertiary alicyclic amines) is 1. The lowest BCUT2D eigenvalue weighted by Gasteiger charge is -2.38. The van der Waals surface area contributed by atoms with Gasteiger partial charge < -0.3 is 14.4 Å². The van der Waals surface area contributed by atoms with Gasteiger partial charge in [0.2, 0.25) is 5.91 Å². The molecule has 1 radical (unpaired) electrons. The lowest BCUT2D eigenvalue weighted by atomic mass is 10.1. The molecular weight excluding hydrogens is 290 g/mol. The lowest BCUT2D eigenvalue weighted by Crippen LogP contribution is -2.50. The van der Waals surface area contributed by atoms with Crippen LogP contribution in [0.15, 0.2) is 60.7 Å². The van der Waals surface area contributed by atoms with Gasteiger partial charge in [0.25, 0.3) is 0 Å². The van der Waals surface area contributed by atoms with Gasteiger partial charge in [-0.25, -0.2) is 0 Å². The smallest absolute Gasteiger partial charge is 0.225 e. The van der Waals surface area contributed by atoms with E-state index in [0.29, 0.717) is 13.0 Å². The van der Waals surface area contributed by atoms with Crippen LogP contribution in [0, 0.1) is 6.92 Å². The maximum Gasteiger partial charge on any atom is 0.225 e. The number of piperidine rings is 1. The van der Waals surface area contributed by atoms with E-state index in [1.807, 2.05) is 60.7 Å². The number of nitrogens with zero attached hydrogens (tertiary/aromatic N) is 1. The lowest BCUT2D eigenvalue weighted by molar-refractivity contribution is -0.140. The molecule has 2 atom stereocenters. The molecule has 2 unspecified atom stereocenters. The summed E-state index contributed by atoms with van der Waals surface area (Å²) in [5, 5.41) is 0. The van der Waals surface area contributed by atoms with E-state index >= 15 is 0 Å². The summed E-state index contributed by atoms with van der Waals surface area (Å²) < 4.78 is 12.0. The van der Waals surface area contributed by atoms with Crippen molar-refractivity contribution in [1.29, 1.82) is 0 Å². The zero-order valence-electron chi connectivity index (χ0n) is 12.9. The van der Waals surface area contributed by atoms with Crippen LogP contribution >= 0.6 is 0 Å². The Labute approximate surface area is 136 Å². The highest BCUT2D eigenvalue weighted by atomic mass is 16.5. The quantitative estimate of drug-likeness (QED) is 0.870. The van der Waals surface area contributed by atoms with Crippen LogP contribution in [0.3, 0.4) is 0 Å². The number of ether oxygens (including phenoxy) is 2. The van der Waals surface area contributed by atoms with E-state index < -0.39 is 0 Å². The molecule has 1 aliphatic heterocycles. The number of para-hydroxylation sites is 2. The molecule has 4 heteroatoms. The van der Waals surface area contributed by atoms with Crippen molar-refractivity contribution in [3.05, 3.63) is 67.6 Å². The Bertz CT molecular complexity index is 630. The molecule has 0 N–H and O–H groups in total. The standard InChI is InChI=1S/C19H20NO3/c1-15(21)20-13-12-18(22-16-8-4-2-5-9-16)14-19(20)23-17-10-6-3-7-11-17/h2-11,18-19H,1,12-14H2. The summed E-state index contributed by atoms with van der Waals surface area (Å²) in [6.45, 7) is 4.11. The molecule has 1 heterocycles. The number of hydrogen-bond acceptors (Lipinski definition) is 3. The maximum absolute atomic E-state index is 11.8. The minimum absolute atomic E-state index is 0.0155. The molecular formula is C19H20NO3. The molecule has 0 saturated carbocycles. The molecule has 2 aromatic carbocycles. The van der Waals surface area contributed by atoms with Gasteiger partial charge in [-0.05, 0) is 24.3 Å². The van der Waals surface area contributed by atoms with Gasteiger partial charge >= 0.3 is 0 Å². The van der Waals surface area contributed by atoms with Gasteiger partial charge in [-0.3, -0.25) is 4.79 Å². The fourth-order valence-corrected chi connectivity index (χ4v) is 2.75. The average molecular weight is 310 g/mol. The van der Waals surface area contributed by atoms with Crippen LogP contribution in [0.1, 0.15) is 12.8 Å². The number of benzene rings is 2. The molecule has 0 aromatic heterocycles. The second-order valence-corrected chi connectivity index (χ2v) is 5.55. The zero-order chi connectivity index (χ0) is 16.1. The first-order chi connectivity index (χ1) is 11.2. The van der Waals surface area contributed by atoms with Crippen LogP contribution in [0.4, 0.5) is 0 Å². The number of hydrogen-bond donors (Lipinski definition) is 0. The first-order valence-corrected chi connectivity index (χ1v) is 7.78. The number of carbonyl (C=O) groups excluding carboxylic acids is 1. The molecule has 0 aliphatic carbocycles. The summed E-state index contributed by atoms with van der Waals surface area (Å²) in [4.78, 5) is 13.4. The Hall–Kier alpha value is -2.49. The largest absolute Gasteiger partial charge is 0.490 e. The molecule has 1 fully saturated rings. The third-order valence-corrected chi connectivity index (χ3v) is 3.89. The van der Waals surface area contributed by atoms with Gasteiger partial charge in [0.1, 0.15) is 17.6 Å². The maximum atomic E-state index is 11.8. The number of amides is 1. The van der Waals surface area contributed by atoms with Crippen molar-refractivity contribution in [3.8, 4) is 11.5 Å². The molecule has 1 saturated heterocycles. The summed E-state index contributed by atoms with van der Waals surface area (Å²) in [7, 11) is 0. The fourth-order valence-electron chi connectivity index (χ4n) is 2.75. The summed E-state index contributed by atoms with van der Waals surface area (Å²) in [5.41, 5.74) is 0. The Morgan fingerprint density at radius 2 is 1.52 bits per heavy atom. The molecule has 1 amide bonds. The van der Waals surface area contributed by atoms with E-state index in [-0.39, 0.29) is 18.2 Å². The highest BCUT2D eigenvalue weighted by Gasteiger charge is 2.32. The fraction of sp³-hybridized carbons (Fsp3) is 0.263. The molecule has 119 valence electrons. The van der Waals surface area contributed by atoms with Gasteiger partial charge in [0.15, 0.2) is 6.23 Å². The van der Waals surface area contributed by atoms with E-state index in [0.717, 1.165) is 17.9 Å². The van der Waals surface area contributed by atoms with Gasteiger partial charge in [-0.1, -0.05) is 36.4 Å². The monoisotopic (exact) mass is 310 g/mol. The Morgan fingerprint density at radius 3 is 2.09 bits per heavy atom. The third-order valence-electron chi connectivity index (χ3n) is 3.89. The summed E-state index contributed by atoms with van der Waals surface area (Å²) >= 11 is 0. The van der Waals surface area contributed by atoms with Crippen LogP contribution in [-0.2, 0) is 4.79 Å². The highest BCUT2D eigenvalue weighted by molar-refractivity contribution is 5.80. The Kier molecular flexibility index (Phi) is 4.81. The minimum atomic E-state index is -0.357. The second kappa shape index (κ2) is 7.18. The molecule has 4 nitrogen and oxygen atoms in total. The van der Waals surface area contributed by atoms with Crippen LogP contribution in [0.25, 0.3) is 0 Å². The highest BCUT2D eigenvalue weighted by Crippen LogP contribution is 2.25. The van der Waals surface area contributed by atoms with E-state index in [1.54, 1.807) is 4.90 Å². The predicted octanol–water partition coefficient (Wildman–Crippen LogP) is 3.30. The van der Waals surface area contributed by atoms with Gasteiger partial charge in [0.05, 0.1) is 0 Å². The summed E-state index contributed by atoms with van der Waals surface area (Å²) in [6, 6.07) is 19.2. The second-order valence-electron chi connectivity index (χ2n) is 5.55. The van der Waals surface area contributed by atoms with Crippen LogP contribution in [-0.4, -0.2) is 29.7 Å². The van der Waals surface area contributed by atoms with E-state index in [9.17, 15) is 4.79 Å². The topological polar surface area (TPSA) is 38.8 Å². The van der Waals surface area contributed by atoms with Gasteiger partial charge in [-0.15, -0.1) is 0 Å². The first-order valence-electron chi connectivity index (χ1n) is 7.78. The van der Waals surface area contributed by atoms with Crippen molar-refractivity contribution in [3.63, 3.8) is 0 Å². The van der Waals surface area contributed by atoms with Crippen molar-refractivity contribution < 1.29 is 14.3 Å². The first kappa shape index (κ1) is 15.4. The molecule has 2 aromatic rings. The number of rotatable bonds is 4. The van der Waals surface area contributed by atoms with Crippen molar-refractivity contribution in [1.82, 2.24) is 4.90 Å². The van der Waals surface area contributed by atoms with Crippen LogP contribution in [0.2, 0.25) is 0 Å². The van der Waals surface area contributed by atoms with Crippen molar-refractivity contribution in [2.75, 3.05) is 6.54 Å². The summed E-state index contributed by atoms with van der Waals surface area (Å²) in [5.74, 6) is 1.36. The van der Waals surface area contributed by atoms with Crippen molar-refractivity contribution in [2.24, 2.45) is 0 Å². The predicted molar refractivity (Wildman–Crippen MR) is 88.0 cm³/mol. The Balaban J connectivity index is 1.69. The Morgan fingerprint density at radius 1 is 0.957 bits per heavy atom. The van der Waals surface area contributed by atoms with E-state index in [2.05, 4.69) is 6.92 Å². The normalized spacial score (nSPS) is 20.8. The minimum Gasteiger partial charge on any atom is -0.490 e. The van der Waals surface area contributed by atoms with Gasteiger partial charge in [0, 0.05) is 26.3 Å². The van der Waals surface area contributed by atoms with Crippen LogP contribution < -0.4 is 9.47 Å². The molecule has 0 bridgehead atoms. The summed E-state index contributed by atoms with van der Waals surface area (Å²) in [6.07, 6.45) is 1.04. The number of carbonyl (C=O) groups is 1. The molecule has 0 spiro atoms. The van der Waals surface area contributed by atoms with E-state index in [4.69, 9.17) is 9.47 Å². The average Bonchev–Trinajstić information content (AvgIpc) is 2.57. The van der Waals surface area contributed by atoms with E-state index in [1.165, 1.54) is 0 Å². The van der Waals surface area contributed by atoms with Crippen molar-refractivity contribution >= 4 is 5.91 Å². The van der Waals surface area contributed by atoms with Crippen molar-refractivity contribution in [2.45, 2.75) is 25.2 Å². The third kappa shape index (κ3) is 4.03. The zero-order valence-corrected chi connectivity index (χ0v) is 12.9.